The molecule has 0 aliphatic carbocycles. The first kappa shape index (κ1) is 18.2. The van der Waals surface area contributed by atoms with Crippen molar-refractivity contribution in [2.24, 2.45) is 4.99 Å². The number of nitrogens with zero attached hydrogens (tertiary/aromatic N) is 3. The van der Waals surface area contributed by atoms with Crippen molar-refractivity contribution in [1.82, 2.24) is 9.88 Å². The number of pyridine rings is 1. The smallest absolute Gasteiger partial charge is 0.161 e. The van der Waals surface area contributed by atoms with Gasteiger partial charge in [0, 0.05) is 18.0 Å². The Hall–Kier alpha value is -2.21. The molecule has 2 aromatic rings. The zero-order valence-corrected chi connectivity index (χ0v) is 16.9. The van der Waals surface area contributed by atoms with Gasteiger partial charge in [-0.2, -0.15) is 0 Å². The quantitative estimate of drug-likeness (QED) is 0.762. The maximum Gasteiger partial charge on any atom is 0.161 e. The van der Waals surface area contributed by atoms with Crippen molar-refractivity contribution in [3.05, 3.63) is 53.9 Å². The molecule has 0 amide bonds. The van der Waals surface area contributed by atoms with Crippen LogP contribution in [0.3, 0.4) is 0 Å². The molecule has 5 nitrogen and oxygen atoms in total. The van der Waals surface area contributed by atoms with Gasteiger partial charge in [-0.1, -0.05) is 30.8 Å². The van der Waals surface area contributed by atoms with Crippen molar-refractivity contribution in [3.63, 3.8) is 0 Å². The van der Waals surface area contributed by atoms with Crippen LogP contribution in [0.5, 0.6) is 11.5 Å². The molecule has 3 atom stereocenters. The van der Waals surface area contributed by atoms with Gasteiger partial charge in [0.2, 0.25) is 0 Å². The van der Waals surface area contributed by atoms with Gasteiger partial charge in [0.1, 0.15) is 6.04 Å². The predicted molar refractivity (Wildman–Crippen MR) is 110 cm³/mol. The average molecular weight is 384 g/mol. The number of aromatic nitrogens is 1. The third kappa shape index (κ3) is 3.50. The zero-order valence-electron chi connectivity index (χ0n) is 16.1. The van der Waals surface area contributed by atoms with Crippen LogP contribution in [0.4, 0.5) is 0 Å². The Balaban J connectivity index is 1.73. The molecule has 142 valence electrons. The molecule has 2 aliphatic rings. The van der Waals surface area contributed by atoms with E-state index in [2.05, 4.69) is 35.0 Å². The number of hydrogen-bond donors (Lipinski definition) is 0. The number of ether oxygens (including phenoxy) is 2. The van der Waals surface area contributed by atoms with Crippen LogP contribution < -0.4 is 9.47 Å². The van der Waals surface area contributed by atoms with E-state index in [1.165, 1.54) is 5.56 Å². The van der Waals surface area contributed by atoms with Crippen molar-refractivity contribution in [2.75, 3.05) is 13.7 Å². The summed E-state index contributed by atoms with van der Waals surface area (Å²) in [6.07, 6.45) is 1.94. The second-order valence-corrected chi connectivity index (χ2v) is 8.62. The van der Waals surface area contributed by atoms with Crippen molar-refractivity contribution < 1.29 is 9.47 Å². The van der Waals surface area contributed by atoms with Gasteiger partial charge < -0.3 is 14.4 Å². The molecule has 27 heavy (non-hydrogen) atoms. The van der Waals surface area contributed by atoms with Crippen LogP contribution in [-0.2, 0) is 0 Å². The Morgan fingerprint density at radius 3 is 2.74 bits per heavy atom. The lowest BCUT2D eigenvalue weighted by atomic mass is 9.96. The number of fused-ring (bicyclic) bond motifs is 1. The van der Waals surface area contributed by atoms with Gasteiger partial charge in [-0.05, 0) is 43.7 Å². The van der Waals surface area contributed by atoms with Crippen molar-refractivity contribution >= 4 is 16.9 Å². The summed E-state index contributed by atoms with van der Waals surface area (Å²) in [4.78, 5) is 12.0. The monoisotopic (exact) mass is 383 g/mol. The topological polar surface area (TPSA) is 47.0 Å². The van der Waals surface area contributed by atoms with Gasteiger partial charge in [0.05, 0.1) is 24.9 Å². The molecule has 0 radical (unpaired) electrons. The highest BCUT2D eigenvalue weighted by molar-refractivity contribution is 8.14. The lowest BCUT2D eigenvalue weighted by molar-refractivity contribution is 0.229. The normalized spacial score (nSPS) is 24.1. The summed E-state index contributed by atoms with van der Waals surface area (Å²) in [6.45, 7) is 7.28. The summed E-state index contributed by atoms with van der Waals surface area (Å²) in [5.74, 6) is 1.53. The van der Waals surface area contributed by atoms with E-state index < -0.39 is 0 Å². The molecule has 1 aromatic heterocycles. The third-order valence-corrected chi connectivity index (χ3v) is 5.88. The molecular formula is C21H25N3O2S. The summed E-state index contributed by atoms with van der Waals surface area (Å²) >= 11 is 1.85. The maximum absolute atomic E-state index is 5.89. The van der Waals surface area contributed by atoms with E-state index in [9.17, 15) is 0 Å². The molecular weight excluding hydrogens is 358 g/mol. The van der Waals surface area contributed by atoms with E-state index >= 15 is 0 Å². The molecule has 6 heteroatoms. The number of benzene rings is 1. The van der Waals surface area contributed by atoms with E-state index in [0.717, 1.165) is 28.9 Å². The van der Waals surface area contributed by atoms with Crippen LogP contribution in [0.15, 0.2) is 47.6 Å². The number of amidine groups is 1. The molecule has 0 bridgehead atoms. The maximum atomic E-state index is 5.89. The van der Waals surface area contributed by atoms with E-state index in [1.54, 1.807) is 7.11 Å². The summed E-state index contributed by atoms with van der Waals surface area (Å²) in [7, 11) is 1.69. The molecule has 0 spiro atoms. The Morgan fingerprint density at radius 1 is 1.19 bits per heavy atom. The van der Waals surface area contributed by atoms with Crippen LogP contribution in [0.1, 0.15) is 44.1 Å². The Kier molecular flexibility index (Phi) is 5.00. The first-order valence-electron chi connectivity index (χ1n) is 9.33. The second-order valence-electron chi connectivity index (χ2n) is 7.21. The van der Waals surface area contributed by atoms with Crippen LogP contribution in [-0.4, -0.2) is 40.1 Å². The highest BCUT2D eigenvalue weighted by Crippen LogP contribution is 2.48. The first-order valence-corrected chi connectivity index (χ1v) is 10.2. The SMILES string of the molecule is COc1cc([C@H]2[C@H](c3ccccn3)N=C3S[C@@H](C)CN32)ccc1OC(C)C. The average Bonchev–Trinajstić information content (AvgIpc) is 3.18. The number of aliphatic imine (C=N–C) groups is 1. The van der Waals surface area contributed by atoms with Crippen LogP contribution in [0.25, 0.3) is 0 Å². The molecule has 1 fully saturated rings. The van der Waals surface area contributed by atoms with E-state index in [1.807, 2.05) is 50.0 Å². The molecule has 0 saturated carbocycles. The lowest BCUT2D eigenvalue weighted by Crippen LogP contribution is -2.28. The minimum absolute atomic E-state index is 0.0113. The van der Waals surface area contributed by atoms with Crippen molar-refractivity contribution in [3.8, 4) is 11.5 Å². The molecule has 4 rings (SSSR count). The minimum atomic E-state index is -0.0113. The minimum Gasteiger partial charge on any atom is -0.493 e. The Morgan fingerprint density at radius 2 is 2.04 bits per heavy atom. The summed E-state index contributed by atoms with van der Waals surface area (Å²) in [5.41, 5.74) is 2.17. The fourth-order valence-electron chi connectivity index (χ4n) is 3.70. The standard InChI is InChI=1S/C21H25N3O2S/c1-13(2)26-17-9-8-15(11-18(17)25-4)20-19(16-7-5-6-10-22-16)23-21-24(20)12-14(3)27-21/h5-11,13-14,19-20H,12H2,1-4H3/t14-,19-,20-/m0/s1. The zero-order chi connectivity index (χ0) is 19.0. The summed E-state index contributed by atoms with van der Waals surface area (Å²) in [6, 6.07) is 12.4. The number of rotatable bonds is 5. The Labute approximate surface area is 164 Å². The number of thioether (sulfide) groups is 1. The molecule has 0 unspecified atom stereocenters. The predicted octanol–water partition coefficient (Wildman–Crippen LogP) is 4.47. The fraction of sp³-hybridized carbons (Fsp3) is 0.429. The van der Waals surface area contributed by atoms with Crippen LogP contribution in [0.2, 0.25) is 0 Å². The van der Waals surface area contributed by atoms with E-state index in [-0.39, 0.29) is 18.2 Å². The van der Waals surface area contributed by atoms with Gasteiger partial charge in [-0.3, -0.25) is 9.98 Å². The van der Waals surface area contributed by atoms with Gasteiger partial charge in [-0.25, -0.2) is 0 Å². The van der Waals surface area contributed by atoms with Crippen LogP contribution >= 0.6 is 11.8 Å². The van der Waals surface area contributed by atoms with E-state index in [4.69, 9.17) is 14.5 Å². The van der Waals surface area contributed by atoms with Gasteiger partial charge >= 0.3 is 0 Å². The summed E-state index contributed by atoms with van der Waals surface area (Å²) in [5, 5.41) is 1.66. The lowest BCUT2D eigenvalue weighted by Gasteiger charge is -2.28. The first-order chi connectivity index (χ1) is 13.1. The highest BCUT2D eigenvalue weighted by atomic mass is 32.2. The molecule has 0 N–H and O–H groups in total. The van der Waals surface area contributed by atoms with Gasteiger partial charge in [0.25, 0.3) is 0 Å². The van der Waals surface area contributed by atoms with Crippen molar-refractivity contribution in [1.29, 1.82) is 0 Å². The molecule has 1 saturated heterocycles. The summed E-state index contributed by atoms with van der Waals surface area (Å²) < 4.78 is 11.5. The van der Waals surface area contributed by atoms with Gasteiger partial charge in [0.15, 0.2) is 16.7 Å². The van der Waals surface area contributed by atoms with Gasteiger partial charge in [-0.15, -0.1) is 0 Å². The highest BCUT2D eigenvalue weighted by Gasteiger charge is 2.43. The second kappa shape index (κ2) is 7.43. The molecule has 3 heterocycles. The van der Waals surface area contributed by atoms with Crippen molar-refractivity contribution in [2.45, 2.75) is 44.2 Å². The molecule has 1 aromatic carbocycles. The van der Waals surface area contributed by atoms with E-state index in [0.29, 0.717) is 5.25 Å². The molecule has 2 aliphatic heterocycles. The fourth-order valence-corrected chi connectivity index (χ4v) is 4.79. The number of methoxy groups -OCH3 is 1. The number of hydrogen-bond acceptors (Lipinski definition) is 6. The van der Waals surface area contributed by atoms with Crippen LogP contribution in [0, 0.1) is 0 Å². The largest absolute Gasteiger partial charge is 0.493 e. The third-order valence-electron chi connectivity index (χ3n) is 4.77. The Bertz CT molecular complexity index is 841.